The van der Waals surface area contributed by atoms with Crippen LogP contribution in [0.5, 0.6) is 0 Å². The van der Waals surface area contributed by atoms with Gasteiger partial charge in [0.25, 0.3) is 5.91 Å². The number of benzene rings is 2. The van der Waals surface area contributed by atoms with Crippen LogP contribution >= 0.6 is 11.6 Å². The molecule has 2 aromatic carbocycles. The number of carbonyl (C=O) groups is 1. The topological polar surface area (TPSA) is 96.7 Å². The molecule has 1 saturated carbocycles. The second kappa shape index (κ2) is 9.63. The number of hydrogen-bond donors (Lipinski definition) is 1. The quantitative estimate of drug-likeness (QED) is 0.336. The van der Waals surface area contributed by atoms with Crippen LogP contribution < -0.4 is 5.43 Å². The summed E-state index contributed by atoms with van der Waals surface area (Å²) >= 11 is 6.50. The third-order valence-corrected chi connectivity index (χ3v) is 9.77. The number of fused-ring (bicyclic) bond motifs is 2. The zero-order chi connectivity index (χ0) is 27.3. The van der Waals surface area contributed by atoms with Crippen LogP contribution in [-0.2, 0) is 10.0 Å². The van der Waals surface area contributed by atoms with Crippen LogP contribution in [0.4, 0.5) is 0 Å². The number of halogens is 1. The van der Waals surface area contributed by atoms with Crippen molar-refractivity contribution in [2.45, 2.75) is 57.9 Å². The molecule has 10 heteroatoms. The zero-order valence-electron chi connectivity index (χ0n) is 22.0. The lowest BCUT2D eigenvalue weighted by atomic mass is 9.65. The van der Waals surface area contributed by atoms with Crippen molar-refractivity contribution in [3.63, 3.8) is 0 Å². The summed E-state index contributed by atoms with van der Waals surface area (Å²) in [5.74, 6) is -0.458. The molecule has 1 aromatic heterocycles. The first-order valence-electron chi connectivity index (χ1n) is 12.6. The number of nitrogens with one attached hydrogen (secondary N) is 1. The van der Waals surface area contributed by atoms with Crippen molar-refractivity contribution in [1.29, 1.82) is 0 Å². The van der Waals surface area contributed by atoms with E-state index in [9.17, 15) is 13.2 Å². The number of carbonyl (C=O) groups excluding carboxylic acids is 1. The highest BCUT2D eigenvalue weighted by atomic mass is 35.5. The normalized spacial score (nSPS) is 23.1. The smallest absolute Gasteiger partial charge is 0.267 e. The summed E-state index contributed by atoms with van der Waals surface area (Å²) in [6.07, 6.45) is 4.21. The lowest BCUT2D eigenvalue weighted by molar-refractivity contribution is 0.0955. The van der Waals surface area contributed by atoms with Crippen LogP contribution in [0.1, 0.15) is 61.6 Å². The predicted molar refractivity (Wildman–Crippen MR) is 148 cm³/mol. The molecule has 2 atom stereocenters. The lowest BCUT2D eigenvalue weighted by Gasteiger charge is -2.39. The van der Waals surface area contributed by atoms with Crippen molar-refractivity contribution in [1.82, 2.24) is 19.5 Å². The van der Waals surface area contributed by atoms with Crippen molar-refractivity contribution in [2.24, 2.45) is 15.9 Å². The van der Waals surface area contributed by atoms with Crippen LogP contribution in [0.2, 0.25) is 5.15 Å². The molecule has 1 aliphatic carbocycles. The van der Waals surface area contributed by atoms with E-state index in [2.05, 4.69) is 36.4 Å². The van der Waals surface area contributed by atoms with Gasteiger partial charge >= 0.3 is 0 Å². The Balaban J connectivity index is 1.27. The first-order valence-corrected chi connectivity index (χ1v) is 14.5. The largest absolute Gasteiger partial charge is 0.271 e. The fourth-order valence-corrected chi connectivity index (χ4v) is 8.32. The Morgan fingerprint density at radius 1 is 1.11 bits per heavy atom. The van der Waals surface area contributed by atoms with Gasteiger partial charge in [-0.05, 0) is 73.4 Å². The molecule has 2 bridgehead atoms. The van der Waals surface area contributed by atoms with Gasteiger partial charge in [0.05, 0.1) is 28.1 Å². The molecule has 0 spiro atoms. The van der Waals surface area contributed by atoms with E-state index in [1.54, 1.807) is 8.99 Å². The molecule has 38 heavy (non-hydrogen) atoms. The standard InChI is InChI=1S/C28H32ClN5O3S/c1-19-24(25(29)34(32-19)21-8-6-5-7-9-21)16-30-31-26(35)20-10-12-23(13-11-20)38(36,37)33-18-28(4)15-22(33)14-27(2,3)17-28/h5-13,16,22H,14-15,17-18H2,1-4H3,(H,31,35)/b30-16-/t22-,28-/m1/s1. The monoisotopic (exact) mass is 553 g/mol. The van der Waals surface area contributed by atoms with E-state index in [1.165, 1.54) is 30.5 Å². The predicted octanol–water partition coefficient (Wildman–Crippen LogP) is 5.19. The maximum absolute atomic E-state index is 13.5. The van der Waals surface area contributed by atoms with E-state index in [4.69, 9.17) is 11.6 Å². The summed E-state index contributed by atoms with van der Waals surface area (Å²) in [6.45, 7) is 8.96. The van der Waals surface area contributed by atoms with E-state index >= 15 is 0 Å². The number of amides is 1. The number of aromatic nitrogens is 2. The minimum absolute atomic E-state index is 0.00381. The SMILES string of the molecule is Cc1nn(-c2ccccc2)c(Cl)c1/C=N\NC(=O)c1ccc(S(=O)(=O)N2C[C@]3(C)C[C@H]2CC(C)(C)C3)cc1. The molecule has 0 radical (unpaired) electrons. The highest BCUT2D eigenvalue weighted by Gasteiger charge is 2.53. The van der Waals surface area contributed by atoms with Crippen molar-refractivity contribution in [3.05, 3.63) is 76.6 Å². The number of rotatable bonds is 6. The summed E-state index contributed by atoms with van der Waals surface area (Å²) in [7, 11) is -3.66. The van der Waals surface area contributed by atoms with Gasteiger partial charge in [0.2, 0.25) is 10.0 Å². The number of hydrogen-bond acceptors (Lipinski definition) is 5. The molecule has 5 rings (SSSR count). The lowest BCUT2D eigenvalue weighted by Crippen LogP contribution is -2.37. The second-order valence-corrected chi connectivity index (χ2v) is 13.8. The van der Waals surface area contributed by atoms with E-state index < -0.39 is 15.9 Å². The summed E-state index contributed by atoms with van der Waals surface area (Å²) < 4.78 is 30.3. The summed E-state index contributed by atoms with van der Waals surface area (Å²) in [6, 6.07) is 15.5. The highest BCUT2D eigenvalue weighted by molar-refractivity contribution is 7.89. The molecule has 8 nitrogen and oxygen atoms in total. The minimum Gasteiger partial charge on any atom is -0.267 e. The number of hydrazone groups is 1. The Morgan fingerprint density at radius 3 is 2.47 bits per heavy atom. The second-order valence-electron chi connectivity index (χ2n) is 11.5. The third-order valence-electron chi connectivity index (χ3n) is 7.50. The van der Waals surface area contributed by atoms with Gasteiger partial charge in [-0.25, -0.2) is 18.5 Å². The molecule has 2 aliphatic rings. The Bertz CT molecular complexity index is 1500. The van der Waals surface area contributed by atoms with Gasteiger partial charge < -0.3 is 0 Å². The Kier molecular flexibility index (Phi) is 6.74. The average Bonchev–Trinajstić information content (AvgIpc) is 3.30. The van der Waals surface area contributed by atoms with Crippen molar-refractivity contribution in [3.8, 4) is 5.69 Å². The van der Waals surface area contributed by atoms with Crippen LogP contribution in [0.3, 0.4) is 0 Å². The molecule has 1 amide bonds. The van der Waals surface area contributed by atoms with Crippen molar-refractivity contribution < 1.29 is 13.2 Å². The molecule has 0 unspecified atom stereocenters. The zero-order valence-corrected chi connectivity index (χ0v) is 23.6. The van der Waals surface area contributed by atoms with E-state index in [-0.39, 0.29) is 21.8 Å². The van der Waals surface area contributed by atoms with Crippen LogP contribution in [0.25, 0.3) is 5.69 Å². The molecule has 2 fully saturated rings. The van der Waals surface area contributed by atoms with Crippen LogP contribution in [0.15, 0.2) is 64.6 Å². The summed E-state index contributed by atoms with van der Waals surface area (Å²) in [5.41, 5.74) is 4.97. The third kappa shape index (κ3) is 5.02. The summed E-state index contributed by atoms with van der Waals surface area (Å²) in [5, 5.41) is 8.88. The first kappa shape index (κ1) is 26.6. The van der Waals surface area contributed by atoms with E-state index in [1.807, 2.05) is 37.3 Å². The van der Waals surface area contributed by atoms with Crippen LogP contribution in [0, 0.1) is 17.8 Å². The van der Waals surface area contributed by atoms with Gasteiger partial charge in [0.1, 0.15) is 5.15 Å². The van der Waals surface area contributed by atoms with Crippen LogP contribution in [-0.4, -0.2) is 47.2 Å². The molecule has 3 aromatic rings. The van der Waals surface area contributed by atoms with Gasteiger partial charge in [0.15, 0.2) is 0 Å². The molecule has 1 N–H and O–H groups in total. The Morgan fingerprint density at radius 2 is 1.79 bits per heavy atom. The minimum atomic E-state index is -3.66. The average molecular weight is 554 g/mol. The summed E-state index contributed by atoms with van der Waals surface area (Å²) in [4.78, 5) is 12.9. The fraction of sp³-hybridized carbons (Fsp3) is 0.393. The number of nitrogens with zero attached hydrogens (tertiary/aromatic N) is 4. The van der Waals surface area contributed by atoms with Gasteiger partial charge in [0, 0.05) is 18.2 Å². The molecule has 1 saturated heterocycles. The first-order chi connectivity index (χ1) is 17.9. The highest BCUT2D eigenvalue weighted by Crippen LogP contribution is 2.53. The molecule has 1 aliphatic heterocycles. The van der Waals surface area contributed by atoms with Gasteiger partial charge in [-0.2, -0.15) is 14.5 Å². The fourth-order valence-electron chi connectivity index (χ4n) is 6.22. The maximum Gasteiger partial charge on any atom is 0.271 e. The van der Waals surface area contributed by atoms with Gasteiger partial charge in [-0.1, -0.05) is 50.6 Å². The maximum atomic E-state index is 13.5. The van der Waals surface area contributed by atoms with Gasteiger partial charge in [-0.15, -0.1) is 0 Å². The number of para-hydroxylation sites is 1. The van der Waals surface area contributed by atoms with E-state index in [0.717, 1.165) is 24.9 Å². The van der Waals surface area contributed by atoms with Crippen molar-refractivity contribution in [2.75, 3.05) is 6.54 Å². The van der Waals surface area contributed by atoms with Crippen molar-refractivity contribution >= 4 is 33.7 Å². The molecule has 2 heterocycles. The molecular formula is C28H32ClN5O3S. The number of aryl methyl sites for hydroxylation is 1. The number of sulfonamides is 1. The Hall–Kier alpha value is -3.01. The molecule has 200 valence electrons. The van der Waals surface area contributed by atoms with E-state index in [0.29, 0.717) is 28.5 Å². The van der Waals surface area contributed by atoms with Gasteiger partial charge in [-0.3, -0.25) is 4.79 Å². The molecular weight excluding hydrogens is 522 g/mol. The Labute approximate surface area is 228 Å².